The van der Waals surface area contributed by atoms with E-state index in [0.29, 0.717) is 6.61 Å². The summed E-state index contributed by atoms with van der Waals surface area (Å²) in [6, 6.07) is 4.04. The second kappa shape index (κ2) is 8.53. The van der Waals surface area contributed by atoms with E-state index in [-0.39, 0.29) is 12.0 Å². The van der Waals surface area contributed by atoms with Gasteiger partial charge in [0, 0.05) is 24.2 Å². The Kier molecular flexibility index (Phi) is 5.87. The molecule has 0 spiro atoms. The summed E-state index contributed by atoms with van der Waals surface area (Å²) in [5, 5.41) is 1.71. The lowest BCUT2D eigenvalue weighted by Gasteiger charge is -2.29. The van der Waals surface area contributed by atoms with Gasteiger partial charge in [-0.3, -0.25) is 4.90 Å². The molecule has 2 aromatic heterocycles. The number of nitrogens with zero attached hydrogens (tertiary/aromatic N) is 5. The monoisotopic (exact) mass is 413 g/mol. The van der Waals surface area contributed by atoms with Crippen LogP contribution in [0.3, 0.4) is 0 Å². The lowest BCUT2D eigenvalue weighted by atomic mass is 9.91. The Morgan fingerprint density at radius 3 is 2.79 bits per heavy atom. The molecule has 2 aromatic rings. The van der Waals surface area contributed by atoms with Crippen LogP contribution in [-0.2, 0) is 0 Å². The van der Waals surface area contributed by atoms with Crippen LogP contribution in [0.25, 0.3) is 0 Å². The predicted molar refractivity (Wildman–Crippen MR) is 117 cm³/mol. The predicted octanol–water partition coefficient (Wildman–Crippen LogP) is 4.34. The highest BCUT2D eigenvalue weighted by molar-refractivity contribution is 8.13. The number of aliphatic imine (C=N–C) groups is 1. The van der Waals surface area contributed by atoms with E-state index in [9.17, 15) is 0 Å². The van der Waals surface area contributed by atoms with Gasteiger partial charge in [-0.25, -0.2) is 19.9 Å². The third-order valence-electron chi connectivity index (χ3n) is 4.88. The van der Waals surface area contributed by atoms with Crippen LogP contribution in [0.15, 0.2) is 47.0 Å². The normalized spacial score (nSPS) is 20.0. The zero-order valence-corrected chi connectivity index (χ0v) is 17.8. The van der Waals surface area contributed by atoms with Crippen LogP contribution in [0.2, 0.25) is 0 Å². The lowest BCUT2D eigenvalue weighted by Crippen LogP contribution is -2.38. The van der Waals surface area contributed by atoms with E-state index in [1.54, 1.807) is 23.5 Å². The van der Waals surface area contributed by atoms with Crippen molar-refractivity contribution in [3.63, 3.8) is 0 Å². The highest BCUT2D eigenvalue weighted by Crippen LogP contribution is 2.49. The molecule has 4 rings (SSSR count). The zero-order chi connectivity index (χ0) is 19.5. The molecular weight excluding hydrogens is 390 g/mol. The van der Waals surface area contributed by atoms with Crippen LogP contribution in [0.5, 0.6) is 5.75 Å². The minimum atomic E-state index is 0.0168. The summed E-state index contributed by atoms with van der Waals surface area (Å²) in [6.45, 7) is 2.86. The molecule has 4 heterocycles. The number of fused-ring (bicyclic) bond motifs is 3. The zero-order valence-electron chi connectivity index (χ0n) is 16.2. The van der Waals surface area contributed by atoms with Gasteiger partial charge in [0.15, 0.2) is 10.3 Å². The lowest BCUT2D eigenvalue weighted by molar-refractivity contribution is 0.305. The molecule has 0 saturated carbocycles. The smallest absolute Gasteiger partial charge is 0.187 e. The number of pyridine rings is 1. The van der Waals surface area contributed by atoms with E-state index in [4.69, 9.17) is 14.7 Å². The average Bonchev–Trinajstić information content (AvgIpc) is 3.09. The molecule has 0 amide bonds. The van der Waals surface area contributed by atoms with Crippen molar-refractivity contribution in [2.75, 3.05) is 24.0 Å². The standard InChI is InChI=1S/C20H23N5OS2/c1-4-5-12-26-15-8-11-21-18-17(15)16(13-6-9-22-19(24-13)27-2)14-7-10-23-20(28-3)25(14)18/h6-11,14,16H,4-5,12H2,1-3H3. The second-order valence-electron chi connectivity index (χ2n) is 6.51. The molecule has 0 radical (unpaired) electrons. The van der Waals surface area contributed by atoms with Crippen LogP contribution in [0.4, 0.5) is 5.82 Å². The molecule has 6 nitrogen and oxygen atoms in total. The number of hydrogen-bond acceptors (Lipinski definition) is 8. The van der Waals surface area contributed by atoms with Gasteiger partial charge in [0.25, 0.3) is 0 Å². The highest BCUT2D eigenvalue weighted by Gasteiger charge is 2.45. The third-order valence-corrected chi connectivity index (χ3v) is 6.11. The minimum Gasteiger partial charge on any atom is -0.493 e. The first-order chi connectivity index (χ1) is 13.8. The Morgan fingerprint density at radius 2 is 2.00 bits per heavy atom. The Morgan fingerprint density at radius 1 is 1.14 bits per heavy atom. The molecule has 0 fully saturated rings. The maximum absolute atomic E-state index is 6.19. The summed E-state index contributed by atoms with van der Waals surface area (Å²) in [5.74, 6) is 1.81. The van der Waals surface area contributed by atoms with E-state index < -0.39 is 0 Å². The molecule has 0 N–H and O–H groups in total. The topological polar surface area (TPSA) is 63.5 Å². The number of anilines is 1. The van der Waals surface area contributed by atoms with Crippen LogP contribution in [0.1, 0.15) is 36.9 Å². The molecular formula is C20H23N5OS2. The second-order valence-corrected chi connectivity index (χ2v) is 8.06. The number of ether oxygens (including phenoxy) is 1. The SMILES string of the molecule is CCCCOc1ccnc2c1C(c1ccnc(SC)n1)C1C=CN=C(SC)N21. The average molecular weight is 414 g/mol. The Bertz CT molecular complexity index is 917. The van der Waals surface area contributed by atoms with Gasteiger partial charge in [0.1, 0.15) is 11.6 Å². The number of rotatable bonds is 6. The minimum absolute atomic E-state index is 0.0168. The summed E-state index contributed by atoms with van der Waals surface area (Å²) in [7, 11) is 0. The molecule has 8 heteroatoms. The number of hydrogen-bond donors (Lipinski definition) is 0. The van der Waals surface area contributed by atoms with Crippen LogP contribution < -0.4 is 9.64 Å². The van der Waals surface area contributed by atoms with Crippen molar-refractivity contribution in [2.24, 2.45) is 4.99 Å². The summed E-state index contributed by atoms with van der Waals surface area (Å²) < 4.78 is 6.19. The van der Waals surface area contributed by atoms with E-state index in [2.05, 4.69) is 27.9 Å². The van der Waals surface area contributed by atoms with Crippen molar-refractivity contribution >= 4 is 34.5 Å². The first-order valence-corrected chi connectivity index (χ1v) is 11.8. The quantitative estimate of drug-likeness (QED) is 0.396. The van der Waals surface area contributed by atoms with Crippen molar-refractivity contribution in [3.8, 4) is 5.75 Å². The maximum atomic E-state index is 6.19. The first-order valence-electron chi connectivity index (χ1n) is 9.34. The van der Waals surface area contributed by atoms with E-state index in [1.165, 1.54) is 0 Å². The molecule has 2 atom stereocenters. The molecule has 0 aromatic carbocycles. The molecule has 2 aliphatic heterocycles. The molecule has 28 heavy (non-hydrogen) atoms. The Balaban J connectivity index is 1.84. The molecule has 0 aliphatic carbocycles. The van der Waals surface area contributed by atoms with Crippen LogP contribution >= 0.6 is 23.5 Å². The van der Waals surface area contributed by atoms with E-state index in [1.807, 2.05) is 43.2 Å². The summed E-state index contributed by atoms with van der Waals surface area (Å²) in [6.07, 6.45) is 13.8. The van der Waals surface area contributed by atoms with Gasteiger partial charge in [-0.2, -0.15) is 0 Å². The summed E-state index contributed by atoms with van der Waals surface area (Å²) in [5.41, 5.74) is 2.07. The molecule has 0 saturated heterocycles. The van der Waals surface area contributed by atoms with Crippen molar-refractivity contribution < 1.29 is 4.74 Å². The van der Waals surface area contributed by atoms with Crippen molar-refractivity contribution in [1.82, 2.24) is 15.0 Å². The number of aromatic nitrogens is 3. The van der Waals surface area contributed by atoms with Crippen molar-refractivity contribution in [1.29, 1.82) is 0 Å². The Hall–Kier alpha value is -2.06. The molecule has 2 aliphatic rings. The van der Waals surface area contributed by atoms with Gasteiger partial charge in [0.05, 0.1) is 24.3 Å². The number of unbranched alkanes of at least 4 members (excludes halogenated alkanes) is 1. The fourth-order valence-electron chi connectivity index (χ4n) is 3.61. The van der Waals surface area contributed by atoms with Gasteiger partial charge >= 0.3 is 0 Å². The molecule has 2 unspecified atom stereocenters. The fraction of sp³-hybridized carbons (Fsp3) is 0.400. The molecule has 0 bridgehead atoms. The highest BCUT2D eigenvalue weighted by atomic mass is 32.2. The number of amidine groups is 1. The van der Waals surface area contributed by atoms with Gasteiger partial charge in [-0.05, 0) is 37.1 Å². The number of thioether (sulfide) groups is 2. The van der Waals surface area contributed by atoms with Crippen molar-refractivity contribution in [3.05, 3.63) is 48.1 Å². The first kappa shape index (κ1) is 19.3. The fourth-order valence-corrected chi connectivity index (χ4v) is 4.55. The van der Waals surface area contributed by atoms with Gasteiger partial charge in [-0.15, -0.1) is 0 Å². The Labute approximate surface area is 173 Å². The largest absolute Gasteiger partial charge is 0.493 e. The van der Waals surface area contributed by atoms with Crippen molar-refractivity contribution in [2.45, 2.75) is 36.9 Å². The maximum Gasteiger partial charge on any atom is 0.187 e. The molecule has 146 valence electrons. The van der Waals surface area contributed by atoms with Gasteiger partial charge < -0.3 is 4.74 Å². The van der Waals surface area contributed by atoms with Gasteiger partial charge in [-0.1, -0.05) is 36.9 Å². The van der Waals surface area contributed by atoms with Gasteiger partial charge in [0.2, 0.25) is 0 Å². The van der Waals surface area contributed by atoms with E-state index in [0.717, 1.165) is 46.0 Å². The summed E-state index contributed by atoms with van der Waals surface area (Å²) in [4.78, 5) is 20.7. The summed E-state index contributed by atoms with van der Waals surface area (Å²) >= 11 is 3.17. The third kappa shape index (κ3) is 3.39. The van der Waals surface area contributed by atoms with E-state index >= 15 is 0 Å². The van der Waals surface area contributed by atoms with Crippen LogP contribution in [-0.4, -0.2) is 45.3 Å². The van der Waals surface area contributed by atoms with Crippen LogP contribution in [0, 0.1) is 0 Å².